The van der Waals surface area contributed by atoms with Gasteiger partial charge in [0, 0.05) is 23.2 Å². The zero-order valence-electron chi connectivity index (χ0n) is 17.2. The van der Waals surface area contributed by atoms with Crippen molar-refractivity contribution in [3.05, 3.63) is 75.9 Å². The summed E-state index contributed by atoms with van der Waals surface area (Å²) in [5.41, 5.74) is 4.82. The normalized spacial score (nSPS) is 23.5. The van der Waals surface area contributed by atoms with Gasteiger partial charge in [-0.2, -0.15) is 0 Å². The lowest BCUT2D eigenvalue weighted by Crippen LogP contribution is -2.35. The molecule has 4 atom stereocenters. The molecule has 7 heteroatoms. The van der Waals surface area contributed by atoms with Crippen LogP contribution >= 0.6 is 11.3 Å². The Morgan fingerprint density at radius 3 is 2.84 bits per heavy atom. The molecule has 3 N–H and O–H groups in total. The summed E-state index contributed by atoms with van der Waals surface area (Å²) in [6.45, 7) is 0. The molecule has 0 saturated carbocycles. The van der Waals surface area contributed by atoms with Gasteiger partial charge in [0.05, 0.1) is 23.2 Å². The molecule has 5 rings (SSSR count). The lowest BCUT2D eigenvalue weighted by atomic mass is 10.0. The molecule has 1 aromatic carbocycles. The Labute approximate surface area is 185 Å². The predicted octanol–water partition coefficient (Wildman–Crippen LogP) is 3.60. The van der Waals surface area contributed by atoms with Crippen LogP contribution in [0.1, 0.15) is 53.0 Å². The number of carbonyl (C=O) groups is 1. The molecular formula is C24H26N4O2S. The highest BCUT2D eigenvalue weighted by molar-refractivity contribution is 7.09. The first-order chi connectivity index (χ1) is 15.2. The number of benzene rings is 1. The van der Waals surface area contributed by atoms with Gasteiger partial charge in [-0.05, 0) is 49.3 Å². The molecule has 1 aliphatic heterocycles. The molecule has 1 aliphatic carbocycles. The Balaban J connectivity index is 1.15. The molecule has 1 amide bonds. The van der Waals surface area contributed by atoms with E-state index in [1.54, 1.807) is 11.3 Å². The number of amides is 1. The van der Waals surface area contributed by atoms with E-state index < -0.39 is 6.10 Å². The van der Waals surface area contributed by atoms with E-state index in [1.165, 1.54) is 4.88 Å². The standard InChI is InChI=1S/C24H26N4O2S/c29-23(16-4-2-1-3-5-16)19-9-7-17(27-19)12-15-6-11-21(25-13-15)28-24(30)18-8-10-20-22(18)26-14-31-20/h1-6,11,13-14,17-19,23,27,29H,7-10,12H2,(H,25,28,30)/t17-,18?,19+,23+/m0/s1. The van der Waals surface area contributed by atoms with Crippen LogP contribution in [0.5, 0.6) is 0 Å². The number of nitrogens with one attached hydrogen (secondary N) is 2. The van der Waals surface area contributed by atoms with Gasteiger partial charge in [-0.1, -0.05) is 36.4 Å². The van der Waals surface area contributed by atoms with Gasteiger partial charge < -0.3 is 15.7 Å². The Bertz CT molecular complexity index is 1040. The van der Waals surface area contributed by atoms with Crippen LogP contribution in [0.4, 0.5) is 5.82 Å². The van der Waals surface area contributed by atoms with Crippen LogP contribution in [0.3, 0.4) is 0 Å². The van der Waals surface area contributed by atoms with Crippen molar-refractivity contribution < 1.29 is 9.90 Å². The van der Waals surface area contributed by atoms with Crippen LogP contribution in [0.2, 0.25) is 0 Å². The number of fused-ring (bicyclic) bond motifs is 1. The number of nitrogens with zero attached hydrogens (tertiary/aromatic N) is 2. The average molecular weight is 435 g/mol. The van der Waals surface area contributed by atoms with Gasteiger partial charge in [-0.25, -0.2) is 9.97 Å². The van der Waals surface area contributed by atoms with Crippen molar-refractivity contribution in [1.82, 2.24) is 15.3 Å². The van der Waals surface area contributed by atoms with E-state index in [2.05, 4.69) is 20.6 Å². The van der Waals surface area contributed by atoms with Crippen LogP contribution in [0.25, 0.3) is 0 Å². The molecule has 2 aliphatic rings. The van der Waals surface area contributed by atoms with Crippen molar-refractivity contribution in [3.63, 3.8) is 0 Å². The van der Waals surface area contributed by atoms with Crippen molar-refractivity contribution >= 4 is 23.1 Å². The maximum Gasteiger partial charge on any atom is 0.234 e. The molecule has 0 bridgehead atoms. The summed E-state index contributed by atoms with van der Waals surface area (Å²) in [4.78, 5) is 22.7. The van der Waals surface area contributed by atoms with Gasteiger partial charge in [0.15, 0.2) is 0 Å². The van der Waals surface area contributed by atoms with Crippen LogP contribution in [0.15, 0.2) is 54.2 Å². The Morgan fingerprint density at radius 2 is 2.03 bits per heavy atom. The minimum Gasteiger partial charge on any atom is -0.387 e. The quantitative estimate of drug-likeness (QED) is 0.552. The Morgan fingerprint density at radius 1 is 1.16 bits per heavy atom. The molecule has 0 spiro atoms. The van der Waals surface area contributed by atoms with Crippen molar-refractivity contribution in [1.29, 1.82) is 0 Å². The monoisotopic (exact) mass is 434 g/mol. The van der Waals surface area contributed by atoms with Gasteiger partial charge in [-0.15, -0.1) is 11.3 Å². The smallest absolute Gasteiger partial charge is 0.234 e. The van der Waals surface area contributed by atoms with Gasteiger partial charge in [-0.3, -0.25) is 4.79 Å². The lowest BCUT2D eigenvalue weighted by Gasteiger charge is -2.20. The SMILES string of the molecule is O=C(Nc1ccc(C[C@@H]2CC[C@H]([C@H](O)c3ccccc3)N2)cn1)C1CCc2scnc21. The van der Waals surface area contributed by atoms with E-state index in [9.17, 15) is 9.90 Å². The van der Waals surface area contributed by atoms with Crippen molar-refractivity contribution in [2.45, 2.75) is 56.2 Å². The second kappa shape index (κ2) is 8.86. The Kier molecular flexibility index (Phi) is 5.80. The first kappa shape index (κ1) is 20.3. The molecule has 31 heavy (non-hydrogen) atoms. The molecule has 0 radical (unpaired) electrons. The summed E-state index contributed by atoms with van der Waals surface area (Å²) in [6.07, 6.45) is 5.91. The third kappa shape index (κ3) is 4.39. The lowest BCUT2D eigenvalue weighted by molar-refractivity contribution is -0.117. The number of aromatic nitrogens is 2. The largest absolute Gasteiger partial charge is 0.387 e. The molecule has 1 unspecified atom stereocenters. The number of thiazole rings is 1. The highest BCUT2D eigenvalue weighted by Gasteiger charge is 2.32. The number of rotatable bonds is 6. The molecule has 6 nitrogen and oxygen atoms in total. The first-order valence-corrected chi connectivity index (χ1v) is 11.7. The van der Waals surface area contributed by atoms with E-state index in [-0.39, 0.29) is 17.9 Å². The van der Waals surface area contributed by atoms with Crippen LogP contribution in [-0.4, -0.2) is 33.1 Å². The summed E-state index contributed by atoms with van der Waals surface area (Å²) in [5, 5.41) is 17.2. The van der Waals surface area contributed by atoms with Crippen molar-refractivity contribution in [3.8, 4) is 0 Å². The summed E-state index contributed by atoms with van der Waals surface area (Å²) in [6, 6.07) is 14.1. The molecule has 1 fully saturated rings. The summed E-state index contributed by atoms with van der Waals surface area (Å²) in [5.74, 6) is 0.382. The Hall–Kier alpha value is -2.61. The molecular weight excluding hydrogens is 408 g/mol. The van der Waals surface area contributed by atoms with Gasteiger partial charge in [0.2, 0.25) is 5.91 Å². The number of aliphatic hydroxyl groups excluding tert-OH is 1. The number of hydrogen-bond acceptors (Lipinski definition) is 6. The maximum atomic E-state index is 12.6. The predicted molar refractivity (Wildman–Crippen MR) is 121 cm³/mol. The van der Waals surface area contributed by atoms with Gasteiger partial charge >= 0.3 is 0 Å². The summed E-state index contributed by atoms with van der Waals surface area (Å²) in [7, 11) is 0. The molecule has 3 heterocycles. The highest BCUT2D eigenvalue weighted by Crippen LogP contribution is 2.35. The molecule has 2 aromatic heterocycles. The molecule has 1 saturated heterocycles. The number of carbonyl (C=O) groups excluding carboxylic acids is 1. The number of hydrogen-bond donors (Lipinski definition) is 3. The first-order valence-electron chi connectivity index (χ1n) is 10.8. The molecule has 160 valence electrons. The van der Waals surface area contributed by atoms with Gasteiger partial charge in [0.1, 0.15) is 5.82 Å². The van der Waals surface area contributed by atoms with E-state index in [4.69, 9.17) is 0 Å². The molecule has 3 aromatic rings. The van der Waals surface area contributed by atoms with E-state index >= 15 is 0 Å². The maximum absolute atomic E-state index is 12.6. The van der Waals surface area contributed by atoms with E-state index in [0.29, 0.717) is 11.9 Å². The topological polar surface area (TPSA) is 87.1 Å². The van der Waals surface area contributed by atoms with Crippen molar-refractivity contribution in [2.75, 3.05) is 5.32 Å². The number of pyridine rings is 1. The van der Waals surface area contributed by atoms with E-state index in [0.717, 1.165) is 48.9 Å². The fraction of sp³-hybridized carbons (Fsp3) is 0.375. The fourth-order valence-electron chi connectivity index (χ4n) is 4.68. The average Bonchev–Trinajstić information content (AvgIpc) is 3.52. The summed E-state index contributed by atoms with van der Waals surface area (Å²) >= 11 is 1.63. The number of aliphatic hydroxyl groups is 1. The van der Waals surface area contributed by atoms with Gasteiger partial charge in [0.25, 0.3) is 0 Å². The third-order valence-corrected chi connectivity index (χ3v) is 7.24. The zero-order valence-corrected chi connectivity index (χ0v) is 18.0. The van der Waals surface area contributed by atoms with Crippen LogP contribution in [0, 0.1) is 0 Å². The third-order valence-electron chi connectivity index (χ3n) is 6.34. The second-order valence-corrected chi connectivity index (χ2v) is 9.34. The fourth-order valence-corrected chi connectivity index (χ4v) is 5.52. The van der Waals surface area contributed by atoms with Crippen LogP contribution in [-0.2, 0) is 17.6 Å². The number of anilines is 1. The van der Waals surface area contributed by atoms with E-state index in [1.807, 2.05) is 54.2 Å². The van der Waals surface area contributed by atoms with Crippen LogP contribution < -0.4 is 10.6 Å². The second-order valence-electron chi connectivity index (χ2n) is 8.40. The number of aryl methyl sites for hydroxylation is 1. The van der Waals surface area contributed by atoms with Crippen molar-refractivity contribution in [2.24, 2.45) is 0 Å². The minimum atomic E-state index is -0.490. The zero-order chi connectivity index (χ0) is 21.2. The highest BCUT2D eigenvalue weighted by atomic mass is 32.1. The minimum absolute atomic E-state index is 0.0277. The summed E-state index contributed by atoms with van der Waals surface area (Å²) < 4.78 is 0.